The lowest BCUT2D eigenvalue weighted by atomic mass is 10.0. The van der Waals surface area contributed by atoms with Crippen LogP contribution >= 0.6 is 0 Å². The first-order chi connectivity index (χ1) is 14.7. The van der Waals surface area contributed by atoms with Gasteiger partial charge in [-0.2, -0.15) is 13.2 Å². The van der Waals surface area contributed by atoms with Gasteiger partial charge in [0.1, 0.15) is 11.7 Å². The monoisotopic (exact) mass is 441 g/mol. The van der Waals surface area contributed by atoms with Crippen molar-refractivity contribution in [1.82, 2.24) is 24.9 Å². The molecule has 0 bridgehead atoms. The molecule has 1 saturated carbocycles. The molecule has 2 aromatic heterocycles. The molecule has 1 aliphatic carbocycles. The van der Waals surface area contributed by atoms with E-state index >= 15 is 0 Å². The number of carbonyl (C=O) groups is 2. The Morgan fingerprint density at radius 2 is 2.03 bits per heavy atom. The van der Waals surface area contributed by atoms with Crippen molar-refractivity contribution in [3.8, 4) is 0 Å². The summed E-state index contributed by atoms with van der Waals surface area (Å²) in [6.45, 7) is 2.01. The van der Waals surface area contributed by atoms with Crippen LogP contribution < -0.4 is 0 Å². The van der Waals surface area contributed by atoms with Crippen molar-refractivity contribution < 1.29 is 32.6 Å². The molecule has 0 radical (unpaired) electrons. The zero-order valence-corrected chi connectivity index (χ0v) is 16.7. The number of nitrogens with zero attached hydrogens (tertiary/aromatic N) is 5. The summed E-state index contributed by atoms with van der Waals surface area (Å²) in [5.41, 5.74) is 2.62. The Hall–Kier alpha value is -3.02. The zero-order valence-electron chi connectivity index (χ0n) is 16.7. The van der Waals surface area contributed by atoms with Crippen LogP contribution in [0.3, 0.4) is 0 Å². The van der Waals surface area contributed by atoms with Crippen molar-refractivity contribution in [2.75, 3.05) is 20.3 Å². The number of amides is 1. The van der Waals surface area contributed by atoms with Gasteiger partial charge in [0.2, 0.25) is 0 Å². The molecule has 0 saturated heterocycles. The highest BCUT2D eigenvalue weighted by atomic mass is 19.4. The molecular weight excluding hydrogens is 419 g/mol. The Balaban J connectivity index is 0.000000339. The van der Waals surface area contributed by atoms with Gasteiger partial charge in [0, 0.05) is 39.0 Å². The Bertz CT molecular complexity index is 915. The van der Waals surface area contributed by atoms with Crippen LogP contribution in [0.4, 0.5) is 13.2 Å². The molecule has 1 N–H and O–H groups in total. The third kappa shape index (κ3) is 5.57. The molecule has 0 spiro atoms. The Labute approximate surface area is 175 Å². The van der Waals surface area contributed by atoms with Crippen molar-refractivity contribution in [3.05, 3.63) is 41.5 Å². The summed E-state index contributed by atoms with van der Waals surface area (Å²) in [7, 11) is 1.65. The molecule has 1 aliphatic heterocycles. The van der Waals surface area contributed by atoms with E-state index in [0.717, 1.165) is 30.3 Å². The lowest BCUT2D eigenvalue weighted by molar-refractivity contribution is -0.192. The van der Waals surface area contributed by atoms with Crippen molar-refractivity contribution in [2.45, 2.75) is 38.0 Å². The minimum atomic E-state index is -5.08. The van der Waals surface area contributed by atoms with Gasteiger partial charge in [0.25, 0.3) is 5.91 Å². The van der Waals surface area contributed by atoms with Gasteiger partial charge in [-0.3, -0.25) is 9.78 Å². The van der Waals surface area contributed by atoms with E-state index in [4.69, 9.17) is 14.6 Å². The Kier molecular flexibility index (Phi) is 6.88. The van der Waals surface area contributed by atoms with E-state index in [1.54, 1.807) is 31.6 Å². The number of alkyl halides is 3. The number of aromatic nitrogens is 4. The van der Waals surface area contributed by atoms with E-state index in [-0.39, 0.29) is 11.9 Å². The minimum absolute atomic E-state index is 0.0347. The summed E-state index contributed by atoms with van der Waals surface area (Å²) < 4.78 is 39.1. The first kappa shape index (κ1) is 22.7. The number of pyridine rings is 1. The fourth-order valence-electron chi connectivity index (χ4n) is 3.31. The third-order valence-electron chi connectivity index (χ3n) is 5.01. The standard InChI is InChI=1S/C17H21N5O2.C2HF3O2/c1-24-11-15-16-14(22(20-19-16)10-12-4-5-12)6-8-21(15)17(23)13-3-2-7-18-9-13;3-2(4,5)1(6)7/h2-3,7,9,12,15H,4-6,8,10-11H2,1H3;(H,6,7). The molecule has 3 heterocycles. The topological polar surface area (TPSA) is 110 Å². The van der Waals surface area contributed by atoms with Crippen LogP contribution in [0, 0.1) is 5.92 Å². The van der Waals surface area contributed by atoms with Gasteiger partial charge in [-0.1, -0.05) is 5.21 Å². The van der Waals surface area contributed by atoms with Crippen LogP contribution in [-0.2, 0) is 22.5 Å². The molecule has 1 amide bonds. The summed E-state index contributed by atoms with van der Waals surface area (Å²) in [6.07, 6.45) is 1.53. The largest absolute Gasteiger partial charge is 0.490 e. The number of hydrogen-bond acceptors (Lipinski definition) is 6. The highest BCUT2D eigenvalue weighted by Gasteiger charge is 2.38. The zero-order chi connectivity index (χ0) is 22.6. The van der Waals surface area contributed by atoms with Gasteiger partial charge in [-0.25, -0.2) is 9.48 Å². The van der Waals surface area contributed by atoms with Crippen LogP contribution in [0.15, 0.2) is 24.5 Å². The second-order valence-electron chi connectivity index (χ2n) is 7.31. The van der Waals surface area contributed by atoms with Crippen LogP contribution in [0.2, 0.25) is 0 Å². The number of carboxylic acids is 1. The quantitative estimate of drug-likeness (QED) is 0.757. The summed E-state index contributed by atoms with van der Waals surface area (Å²) in [6, 6.07) is 3.37. The maximum absolute atomic E-state index is 12.9. The van der Waals surface area contributed by atoms with E-state index in [0.29, 0.717) is 18.7 Å². The third-order valence-corrected chi connectivity index (χ3v) is 5.01. The summed E-state index contributed by atoms with van der Waals surface area (Å²) >= 11 is 0. The number of hydrogen-bond donors (Lipinski definition) is 1. The van der Waals surface area contributed by atoms with Gasteiger partial charge in [0.15, 0.2) is 0 Å². The highest BCUT2D eigenvalue weighted by molar-refractivity contribution is 5.94. The summed E-state index contributed by atoms with van der Waals surface area (Å²) in [5, 5.41) is 15.9. The number of aliphatic carboxylic acids is 1. The smallest absolute Gasteiger partial charge is 0.475 e. The van der Waals surface area contributed by atoms with E-state index in [2.05, 4.69) is 15.3 Å². The maximum atomic E-state index is 12.9. The molecule has 1 unspecified atom stereocenters. The van der Waals surface area contributed by atoms with Gasteiger partial charge in [-0.15, -0.1) is 5.10 Å². The number of carbonyl (C=O) groups excluding carboxylic acids is 1. The lowest BCUT2D eigenvalue weighted by Gasteiger charge is -2.34. The summed E-state index contributed by atoms with van der Waals surface area (Å²) in [4.78, 5) is 27.6. The van der Waals surface area contributed by atoms with Crippen LogP contribution in [-0.4, -0.2) is 68.3 Å². The van der Waals surface area contributed by atoms with Crippen molar-refractivity contribution >= 4 is 11.9 Å². The molecule has 12 heteroatoms. The number of carboxylic acid groups (broad SMARTS) is 1. The predicted octanol–water partition coefficient (Wildman–Crippen LogP) is 2.10. The molecule has 4 rings (SSSR count). The number of rotatable bonds is 5. The average Bonchev–Trinajstić information content (AvgIpc) is 3.46. The van der Waals surface area contributed by atoms with Crippen LogP contribution in [0.25, 0.3) is 0 Å². The van der Waals surface area contributed by atoms with Gasteiger partial charge in [-0.05, 0) is 30.9 Å². The fourth-order valence-corrected chi connectivity index (χ4v) is 3.31. The second-order valence-corrected chi connectivity index (χ2v) is 7.31. The van der Waals surface area contributed by atoms with Crippen molar-refractivity contribution in [2.24, 2.45) is 5.92 Å². The van der Waals surface area contributed by atoms with Gasteiger partial charge < -0.3 is 14.7 Å². The maximum Gasteiger partial charge on any atom is 0.490 e. The number of halogens is 3. The predicted molar refractivity (Wildman–Crippen MR) is 100 cm³/mol. The minimum Gasteiger partial charge on any atom is -0.475 e. The van der Waals surface area contributed by atoms with Gasteiger partial charge >= 0.3 is 12.1 Å². The van der Waals surface area contributed by atoms with Crippen LogP contribution in [0.5, 0.6) is 0 Å². The normalized spacial score (nSPS) is 18.1. The molecule has 2 aromatic rings. The first-order valence-corrected chi connectivity index (χ1v) is 9.64. The fraction of sp³-hybridized carbons (Fsp3) is 0.526. The molecule has 2 aliphatic rings. The Morgan fingerprint density at radius 3 is 2.58 bits per heavy atom. The van der Waals surface area contributed by atoms with Crippen molar-refractivity contribution in [1.29, 1.82) is 0 Å². The van der Waals surface area contributed by atoms with E-state index in [1.807, 2.05) is 9.58 Å². The first-order valence-electron chi connectivity index (χ1n) is 9.64. The Morgan fingerprint density at radius 1 is 1.32 bits per heavy atom. The van der Waals surface area contributed by atoms with E-state index in [1.165, 1.54) is 12.8 Å². The van der Waals surface area contributed by atoms with Gasteiger partial charge in [0.05, 0.1) is 17.9 Å². The molecule has 9 nitrogen and oxygen atoms in total. The molecule has 1 fully saturated rings. The molecule has 31 heavy (non-hydrogen) atoms. The summed E-state index contributed by atoms with van der Waals surface area (Å²) in [5.74, 6) is -2.05. The molecule has 1 atom stereocenters. The van der Waals surface area contributed by atoms with Crippen molar-refractivity contribution in [3.63, 3.8) is 0 Å². The number of methoxy groups -OCH3 is 1. The molecular formula is C19H22F3N5O4. The van der Waals surface area contributed by atoms with E-state index in [9.17, 15) is 18.0 Å². The second kappa shape index (κ2) is 9.41. The number of fused-ring (bicyclic) bond motifs is 1. The van der Waals surface area contributed by atoms with E-state index < -0.39 is 12.1 Å². The highest BCUT2D eigenvalue weighted by Crippen LogP contribution is 2.34. The van der Waals surface area contributed by atoms with Crippen LogP contribution in [0.1, 0.15) is 40.6 Å². The molecule has 168 valence electrons. The molecule has 0 aromatic carbocycles. The average molecular weight is 441 g/mol. The number of ether oxygens (including phenoxy) is 1. The SMILES string of the molecule is COCC1c2nnn(CC3CC3)c2CCN1C(=O)c1cccnc1.O=C(O)C(F)(F)F. The lowest BCUT2D eigenvalue weighted by Crippen LogP contribution is -2.42.